The number of halogens is 2. The van der Waals surface area contributed by atoms with Crippen LogP contribution in [0, 0.1) is 15.9 Å². The SMILES string of the molecule is COC(=O)c1ccc(CN2C(=O)N/C(=C\c3cc(Cl)cc([N+](=O)[O-])c3OCc3cccc(F)c3)C2=O)o1. The molecule has 1 aliphatic heterocycles. The van der Waals surface area contributed by atoms with E-state index in [1.807, 2.05) is 0 Å². The van der Waals surface area contributed by atoms with E-state index in [0.29, 0.717) is 5.56 Å². The molecule has 1 aromatic heterocycles. The largest absolute Gasteiger partial charge is 0.482 e. The summed E-state index contributed by atoms with van der Waals surface area (Å²) < 4.78 is 29.0. The molecule has 0 bridgehead atoms. The molecule has 2 aromatic carbocycles. The molecule has 4 rings (SSSR count). The third-order valence-electron chi connectivity index (χ3n) is 5.16. The van der Waals surface area contributed by atoms with E-state index in [2.05, 4.69) is 10.1 Å². The van der Waals surface area contributed by atoms with Crippen molar-refractivity contribution in [3.8, 4) is 5.75 Å². The van der Waals surface area contributed by atoms with Crippen molar-refractivity contribution in [3.05, 3.63) is 97.8 Å². The van der Waals surface area contributed by atoms with E-state index in [9.17, 15) is 28.9 Å². The Hall–Kier alpha value is -4.71. The molecule has 3 amide bonds. The van der Waals surface area contributed by atoms with Gasteiger partial charge in [0.1, 0.15) is 23.9 Å². The number of nitrogens with one attached hydrogen (secondary N) is 1. The number of imide groups is 1. The van der Waals surface area contributed by atoms with E-state index in [0.717, 1.165) is 11.0 Å². The van der Waals surface area contributed by atoms with E-state index >= 15 is 0 Å². The number of hydrogen-bond acceptors (Lipinski definition) is 8. The van der Waals surface area contributed by atoms with Crippen LogP contribution in [0.5, 0.6) is 5.75 Å². The standard InChI is InChI=1S/C24H17ClFN3O8/c1-35-23(31)20-6-5-17(37-20)11-28-22(30)18(27-24(28)32)9-14-8-15(25)10-19(29(33)34)21(14)36-12-13-3-2-4-16(26)7-13/h2-10H,11-12H2,1H3,(H,27,32)/b18-9-. The van der Waals surface area contributed by atoms with E-state index < -0.39 is 34.3 Å². The van der Waals surface area contributed by atoms with Gasteiger partial charge in [0.25, 0.3) is 5.91 Å². The zero-order valence-electron chi connectivity index (χ0n) is 19.0. The third kappa shape index (κ3) is 5.59. The highest BCUT2D eigenvalue weighted by Gasteiger charge is 2.35. The minimum atomic E-state index is -0.786. The molecule has 0 unspecified atom stereocenters. The first-order valence-electron chi connectivity index (χ1n) is 10.5. The number of benzene rings is 2. The lowest BCUT2D eigenvalue weighted by Gasteiger charge is -2.11. The average molecular weight is 530 g/mol. The van der Waals surface area contributed by atoms with Crippen molar-refractivity contribution in [3.63, 3.8) is 0 Å². The van der Waals surface area contributed by atoms with Gasteiger partial charge in [0.05, 0.1) is 18.6 Å². The quantitative estimate of drug-likeness (QED) is 0.148. The number of rotatable bonds is 8. The van der Waals surface area contributed by atoms with Crippen molar-refractivity contribution >= 4 is 41.3 Å². The molecule has 1 fully saturated rings. The number of carbonyl (C=O) groups is 3. The minimum absolute atomic E-state index is 0.0174. The van der Waals surface area contributed by atoms with Crippen LogP contribution in [0.2, 0.25) is 5.02 Å². The van der Waals surface area contributed by atoms with Crippen LogP contribution < -0.4 is 10.1 Å². The molecule has 1 N–H and O–H groups in total. The Morgan fingerprint density at radius 2 is 2.03 bits per heavy atom. The molecule has 2 heterocycles. The summed E-state index contributed by atoms with van der Waals surface area (Å²) in [4.78, 5) is 48.8. The van der Waals surface area contributed by atoms with Gasteiger partial charge in [0.2, 0.25) is 11.5 Å². The van der Waals surface area contributed by atoms with Gasteiger partial charge in [-0.2, -0.15) is 0 Å². The van der Waals surface area contributed by atoms with Crippen LogP contribution in [0.3, 0.4) is 0 Å². The number of nitro groups is 1. The number of nitro benzene ring substituents is 1. The topological polar surface area (TPSA) is 141 Å². The van der Waals surface area contributed by atoms with Gasteiger partial charge < -0.3 is 19.2 Å². The van der Waals surface area contributed by atoms with Crippen molar-refractivity contribution < 1.29 is 37.6 Å². The maximum absolute atomic E-state index is 13.5. The highest BCUT2D eigenvalue weighted by atomic mass is 35.5. The molecule has 0 aliphatic carbocycles. The lowest BCUT2D eigenvalue weighted by molar-refractivity contribution is -0.385. The van der Waals surface area contributed by atoms with E-state index in [4.69, 9.17) is 20.8 Å². The Morgan fingerprint density at radius 1 is 1.24 bits per heavy atom. The summed E-state index contributed by atoms with van der Waals surface area (Å²) in [6, 6.07) is 9.83. The van der Waals surface area contributed by atoms with Gasteiger partial charge in [-0.25, -0.2) is 14.0 Å². The molecule has 13 heteroatoms. The van der Waals surface area contributed by atoms with Crippen LogP contribution in [0.4, 0.5) is 14.9 Å². The van der Waals surface area contributed by atoms with Crippen LogP contribution in [0.15, 0.2) is 58.6 Å². The number of furan rings is 1. The summed E-state index contributed by atoms with van der Waals surface area (Å²) in [5.41, 5.74) is -0.261. The molecule has 11 nitrogen and oxygen atoms in total. The first kappa shape index (κ1) is 25.4. The summed E-state index contributed by atoms with van der Waals surface area (Å²) in [7, 11) is 1.18. The second-order valence-corrected chi connectivity index (χ2v) is 8.09. The molecule has 190 valence electrons. The highest BCUT2D eigenvalue weighted by molar-refractivity contribution is 6.31. The maximum Gasteiger partial charge on any atom is 0.373 e. The summed E-state index contributed by atoms with van der Waals surface area (Å²) >= 11 is 6.06. The second-order valence-electron chi connectivity index (χ2n) is 7.66. The van der Waals surface area contributed by atoms with Crippen LogP contribution in [-0.2, 0) is 22.7 Å². The minimum Gasteiger partial charge on any atom is -0.482 e. The van der Waals surface area contributed by atoms with Gasteiger partial charge in [-0.05, 0) is 42.0 Å². The van der Waals surface area contributed by atoms with Crippen molar-refractivity contribution in [2.24, 2.45) is 0 Å². The van der Waals surface area contributed by atoms with Crippen LogP contribution in [0.1, 0.15) is 27.4 Å². The predicted octanol–water partition coefficient (Wildman–Crippen LogP) is 4.44. The summed E-state index contributed by atoms with van der Waals surface area (Å²) in [5.74, 6) is -2.20. The second kappa shape index (κ2) is 10.5. The first-order valence-corrected chi connectivity index (χ1v) is 10.9. The number of hydrogen-bond donors (Lipinski definition) is 1. The molecule has 0 atom stereocenters. The number of esters is 1. The molecule has 0 radical (unpaired) electrons. The Balaban J connectivity index is 1.63. The van der Waals surface area contributed by atoms with E-state index in [1.165, 1.54) is 49.6 Å². The van der Waals surface area contributed by atoms with Crippen molar-refractivity contribution in [2.45, 2.75) is 13.2 Å². The van der Waals surface area contributed by atoms with Crippen molar-refractivity contribution in [1.29, 1.82) is 0 Å². The zero-order chi connectivity index (χ0) is 26.7. The summed E-state index contributed by atoms with van der Waals surface area (Å²) in [6.07, 6.45) is 1.18. The van der Waals surface area contributed by atoms with Gasteiger partial charge in [0.15, 0.2) is 0 Å². The predicted molar refractivity (Wildman–Crippen MR) is 126 cm³/mol. The summed E-state index contributed by atoms with van der Waals surface area (Å²) in [5, 5.41) is 14.0. The lowest BCUT2D eigenvalue weighted by atomic mass is 10.1. The molecule has 0 spiro atoms. The fourth-order valence-electron chi connectivity index (χ4n) is 3.48. The van der Waals surface area contributed by atoms with E-state index in [1.54, 1.807) is 6.07 Å². The Bertz CT molecular complexity index is 1450. The molecule has 37 heavy (non-hydrogen) atoms. The monoisotopic (exact) mass is 529 g/mol. The van der Waals surface area contributed by atoms with Gasteiger partial charge in [0, 0.05) is 16.7 Å². The van der Waals surface area contributed by atoms with Gasteiger partial charge in [-0.3, -0.25) is 19.8 Å². The van der Waals surface area contributed by atoms with Crippen LogP contribution >= 0.6 is 11.6 Å². The van der Waals surface area contributed by atoms with Gasteiger partial charge in [-0.1, -0.05) is 23.7 Å². The highest BCUT2D eigenvalue weighted by Crippen LogP contribution is 2.37. The smallest absolute Gasteiger partial charge is 0.373 e. The molecule has 3 aromatic rings. The molecule has 1 saturated heterocycles. The number of urea groups is 1. The summed E-state index contributed by atoms with van der Waals surface area (Å²) in [6.45, 7) is -0.512. The number of nitrogens with zero attached hydrogens (tertiary/aromatic N) is 2. The Kier molecular flexibility index (Phi) is 7.20. The van der Waals surface area contributed by atoms with E-state index in [-0.39, 0.29) is 46.7 Å². The Labute approximate surface area is 213 Å². The van der Waals surface area contributed by atoms with Crippen LogP contribution in [0.25, 0.3) is 6.08 Å². The molecular formula is C24H17ClFN3O8. The number of carbonyl (C=O) groups excluding carboxylic acids is 3. The third-order valence-corrected chi connectivity index (χ3v) is 5.37. The normalized spacial score (nSPS) is 14.1. The fourth-order valence-corrected chi connectivity index (χ4v) is 3.70. The zero-order valence-corrected chi connectivity index (χ0v) is 19.8. The lowest BCUT2D eigenvalue weighted by Crippen LogP contribution is -2.30. The maximum atomic E-state index is 13.5. The molecule has 0 saturated carbocycles. The number of ether oxygens (including phenoxy) is 2. The average Bonchev–Trinajstić information content (AvgIpc) is 3.43. The number of methoxy groups -OCH3 is 1. The van der Waals surface area contributed by atoms with Crippen molar-refractivity contribution in [2.75, 3.05) is 7.11 Å². The van der Waals surface area contributed by atoms with Gasteiger partial charge >= 0.3 is 17.7 Å². The van der Waals surface area contributed by atoms with Crippen LogP contribution in [-0.4, -0.2) is 34.8 Å². The van der Waals surface area contributed by atoms with Crippen molar-refractivity contribution in [1.82, 2.24) is 10.2 Å². The molecular weight excluding hydrogens is 513 g/mol. The number of amides is 3. The fraction of sp³-hybridized carbons (Fsp3) is 0.125. The van der Waals surface area contributed by atoms with Gasteiger partial charge in [-0.15, -0.1) is 0 Å². The first-order chi connectivity index (χ1) is 17.7. The molecule has 1 aliphatic rings. The Morgan fingerprint density at radius 3 is 2.73 bits per heavy atom.